The Morgan fingerprint density at radius 1 is 0.634 bits per heavy atom. The highest BCUT2D eigenvalue weighted by molar-refractivity contribution is 5.87. The quantitative estimate of drug-likeness (QED) is 0.0270. The first-order chi connectivity index (χ1) is 43.4. The van der Waals surface area contributed by atoms with Crippen molar-refractivity contribution in [1.82, 2.24) is 0 Å². The van der Waals surface area contributed by atoms with Gasteiger partial charge in [0.2, 0.25) is 0 Å². The van der Waals surface area contributed by atoms with E-state index < -0.39 is 230 Å². The van der Waals surface area contributed by atoms with Crippen LogP contribution in [0.1, 0.15) is 129 Å². The standard InChI is InChI=1S/C65H102O28/c1-14-26(3)54(81)88-46-43(76)58(83-28(5)44(46)84-29(6)69)93-51-52(92-55(82)27(4)15-2)65(25-68)31(22-60(51,7)8)30-16-17-35-62(11)20-19-36(61(9,10)34(62)18-21-63(35,12)64(30,13)49(77)50(65)78)87-59-48(91-57-41(74)39(72)37(70)32(23-66)85-57)45(42(75)47(90-59)53(79)80)89-56-40(73)38(71)33(24-67)86-56/h14-16,28,31-52,55-59,66-68,70-78,82H,17-25H2,1-13H3,(H,79,80)/b26-14-,27-15-/t28-,31?,32+,33-,34?,35?,36?,37-,38-,39-,40+,41+,42-,43+,44-,45-,46-,47-,48+,49-,50+,51-,52-,55?,56?,57?,58?,59+,62-,63+,64-,65-/m0/s1. The number of hydrogen-bond donors (Lipinski definition) is 14. The molecule has 4 aliphatic heterocycles. The van der Waals surface area contributed by atoms with Crippen LogP contribution < -0.4 is 0 Å². The first-order valence-corrected chi connectivity index (χ1v) is 32.5. The zero-order valence-electron chi connectivity index (χ0n) is 55.2. The van der Waals surface area contributed by atoms with Gasteiger partial charge in [0.05, 0.1) is 61.9 Å². The van der Waals surface area contributed by atoms with E-state index in [0.29, 0.717) is 31.3 Å². The van der Waals surface area contributed by atoms with Crippen LogP contribution in [0.4, 0.5) is 0 Å². The second-order valence-electron chi connectivity index (χ2n) is 29.5. The number of esters is 2. The number of allylic oxidation sites excluding steroid dienone is 3. The number of carbonyl (C=O) groups excluding carboxylic acids is 2. The number of carboxylic acid groups (broad SMARTS) is 1. The van der Waals surface area contributed by atoms with Gasteiger partial charge in [0.1, 0.15) is 67.1 Å². The third-order valence-corrected chi connectivity index (χ3v) is 23.8. The molecule has 0 radical (unpaired) electrons. The molecule has 530 valence electrons. The van der Waals surface area contributed by atoms with Crippen molar-refractivity contribution in [3.63, 3.8) is 0 Å². The summed E-state index contributed by atoms with van der Waals surface area (Å²) in [6.45, 7) is 20.8. The summed E-state index contributed by atoms with van der Waals surface area (Å²) >= 11 is 0. The van der Waals surface area contributed by atoms with E-state index in [1.54, 1.807) is 33.8 Å². The Balaban J connectivity index is 1.05. The van der Waals surface area contributed by atoms with Crippen LogP contribution in [0.2, 0.25) is 0 Å². The van der Waals surface area contributed by atoms with Gasteiger partial charge in [-0.15, -0.1) is 0 Å². The molecule has 0 bridgehead atoms. The fourth-order valence-electron chi connectivity index (χ4n) is 18.1. The van der Waals surface area contributed by atoms with E-state index >= 15 is 0 Å². The molecule has 8 unspecified atom stereocenters. The number of carbonyl (C=O) groups is 3. The third kappa shape index (κ3) is 12.3. The number of rotatable bonds is 18. The molecule has 0 aromatic carbocycles. The Kier molecular flexibility index (Phi) is 21.8. The van der Waals surface area contributed by atoms with E-state index in [4.69, 9.17) is 52.1 Å². The lowest BCUT2D eigenvalue weighted by atomic mass is 9.32. The minimum atomic E-state index is -2.15. The van der Waals surface area contributed by atoms with Crippen LogP contribution in [0.3, 0.4) is 0 Å². The maximum atomic E-state index is 13.4. The summed E-state index contributed by atoms with van der Waals surface area (Å²) in [6.07, 6.45) is -33.9. The molecule has 28 nitrogen and oxygen atoms in total. The number of carboxylic acids is 1. The monoisotopic (exact) mass is 1330 g/mol. The van der Waals surface area contributed by atoms with Crippen molar-refractivity contribution in [2.45, 2.75) is 282 Å². The average Bonchev–Trinajstić information content (AvgIpc) is 0.843. The van der Waals surface area contributed by atoms with Gasteiger partial charge in [-0.1, -0.05) is 72.3 Å². The molecule has 5 aliphatic carbocycles. The van der Waals surface area contributed by atoms with Crippen molar-refractivity contribution >= 4 is 17.9 Å². The Hall–Kier alpha value is -3.25. The summed E-state index contributed by atoms with van der Waals surface area (Å²) in [7, 11) is 0. The van der Waals surface area contributed by atoms with Crippen LogP contribution in [-0.4, -0.2) is 263 Å². The highest BCUT2D eigenvalue weighted by Gasteiger charge is 2.76. The van der Waals surface area contributed by atoms with E-state index in [1.165, 1.54) is 13.0 Å². The summed E-state index contributed by atoms with van der Waals surface area (Å²) in [5.41, 5.74) is -4.93. The molecule has 32 atom stereocenters. The maximum Gasteiger partial charge on any atom is 0.335 e. The largest absolute Gasteiger partial charge is 0.479 e. The number of aliphatic hydroxyl groups excluding tert-OH is 13. The first kappa shape index (κ1) is 74.0. The van der Waals surface area contributed by atoms with Gasteiger partial charge in [-0.05, 0) is 118 Å². The van der Waals surface area contributed by atoms with Crippen molar-refractivity contribution < 1.29 is 138 Å². The molecule has 0 amide bonds. The molecule has 93 heavy (non-hydrogen) atoms. The molecule has 0 aromatic rings. The Labute approximate surface area is 541 Å². The molecule has 8 fully saturated rings. The van der Waals surface area contributed by atoms with Gasteiger partial charge in [0.15, 0.2) is 49.8 Å². The van der Waals surface area contributed by atoms with Crippen LogP contribution >= 0.6 is 0 Å². The third-order valence-electron chi connectivity index (χ3n) is 23.8. The fraction of sp³-hybridized carbons (Fsp3) is 0.862. The average molecular weight is 1330 g/mol. The van der Waals surface area contributed by atoms with Crippen LogP contribution in [0, 0.1) is 50.2 Å². The molecule has 9 aliphatic rings. The lowest BCUT2D eigenvalue weighted by Crippen LogP contribution is -2.77. The molecule has 9 rings (SSSR count). The summed E-state index contributed by atoms with van der Waals surface area (Å²) < 4.78 is 67.9. The predicted molar refractivity (Wildman–Crippen MR) is 319 cm³/mol. The van der Waals surface area contributed by atoms with E-state index in [9.17, 15) is 85.9 Å². The smallest absolute Gasteiger partial charge is 0.335 e. The minimum Gasteiger partial charge on any atom is -0.479 e. The molecule has 4 saturated heterocycles. The van der Waals surface area contributed by atoms with E-state index in [1.807, 2.05) is 34.6 Å². The normalized spacial score (nSPS) is 49.2. The summed E-state index contributed by atoms with van der Waals surface area (Å²) in [4.78, 5) is 38.7. The molecule has 4 heterocycles. The molecule has 0 aromatic heterocycles. The number of aliphatic carboxylic acids is 1. The van der Waals surface area contributed by atoms with Crippen LogP contribution in [-0.2, 0) is 66.5 Å². The van der Waals surface area contributed by atoms with Crippen molar-refractivity contribution in [2.24, 2.45) is 50.2 Å². The second-order valence-corrected chi connectivity index (χ2v) is 29.5. The lowest BCUT2D eigenvalue weighted by molar-refractivity contribution is -0.386. The predicted octanol–water partition coefficient (Wildman–Crippen LogP) is -0.523. The van der Waals surface area contributed by atoms with Gasteiger partial charge in [-0.2, -0.15) is 0 Å². The molecule has 0 spiro atoms. The lowest BCUT2D eigenvalue weighted by Gasteiger charge is -2.73. The highest BCUT2D eigenvalue weighted by atomic mass is 16.8. The van der Waals surface area contributed by atoms with Crippen LogP contribution in [0.5, 0.6) is 0 Å². The van der Waals surface area contributed by atoms with Crippen molar-refractivity contribution in [2.75, 3.05) is 19.8 Å². The summed E-state index contributed by atoms with van der Waals surface area (Å²) in [5.74, 6) is -4.38. The van der Waals surface area contributed by atoms with Gasteiger partial charge < -0.3 is 124 Å². The summed E-state index contributed by atoms with van der Waals surface area (Å²) in [5, 5.41) is 160. The SMILES string of the molecule is C/C=C(/C)C(=O)O[C@@H]1[C@@H](OC(C)=O)[C@H](C)OC(O[C@H]2[C@H](OC(O)/C(C)=C\C)[C@@]3(CO)C(CC2(C)C)C2=CCC4[C@@]5(C)CCC(O[C@@H]6O[C@H](C(=O)O)[C@@H](O)[C@H](OC7O[C@@H](CO)[C@H](O)[C@H]7O)[C@H]6OC6O[C@H](CO)[C@H](O)[C@H](O)[C@H]6O)C(C)(C)C5CC[C@@]4(C)[C@]2(C)[C@@H](O)[C@H]3O)[C@@H]1O. The van der Waals surface area contributed by atoms with Crippen LogP contribution in [0.15, 0.2) is 34.9 Å². The Morgan fingerprint density at radius 3 is 1.80 bits per heavy atom. The van der Waals surface area contributed by atoms with Crippen molar-refractivity contribution in [3.8, 4) is 0 Å². The van der Waals surface area contributed by atoms with Crippen molar-refractivity contribution in [3.05, 3.63) is 34.9 Å². The fourth-order valence-corrected chi connectivity index (χ4v) is 18.1. The molecular formula is C65H102O28. The molecule has 4 saturated carbocycles. The summed E-state index contributed by atoms with van der Waals surface area (Å²) in [6, 6.07) is 0. The zero-order valence-corrected chi connectivity index (χ0v) is 55.2. The number of fused-ring (bicyclic) bond motifs is 7. The van der Waals surface area contributed by atoms with Gasteiger partial charge in [-0.3, -0.25) is 4.79 Å². The number of aliphatic hydroxyl groups is 13. The van der Waals surface area contributed by atoms with E-state index in [2.05, 4.69) is 19.9 Å². The molecule has 14 N–H and O–H groups in total. The number of hydrogen-bond acceptors (Lipinski definition) is 27. The van der Waals surface area contributed by atoms with Gasteiger partial charge in [0.25, 0.3) is 0 Å². The number of ether oxygens (including phenoxy) is 11. The highest BCUT2D eigenvalue weighted by Crippen LogP contribution is 2.76. The van der Waals surface area contributed by atoms with Gasteiger partial charge >= 0.3 is 17.9 Å². The second kappa shape index (κ2) is 27.5. The van der Waals surface area contributed by atoms with Crippen LogP contribution in [0.25, 0.3) is 0 Å². The maximum absolute atomic E-state index is 13.4. The van der Waals surface area contributed by atoms with E-state index in [-0.39, 0.29) is 30.3 Å². The topological polar surface area (TPSA) is 436 Å². The first-order valence-electron chi connectivity index (χ1n) is 32.5. The Bertz CT molecular complexity index is 2770. The van der Waals surface area contributed by atoms with E-state index in [0.717, 1.165) is 12.5 Å². The van der Waals surface area contributed by atoms with Gasteiger partial charge in [-0.25, -0.2) is 9.59 Å². The Morgan fingerprint density at radius 2 is 1.23 bits per heavy atom. The molecular weight excluding hydrogens is 1230 g/mol. The van der Waals surface area contributed by atoms with Crippen molar-refractivity contribution in [1.29, 1.82) is 0 Å². The minimum absolute atomic E-state index is 0.192. The van der Waals surface area contributed by atoms with Gasteiger partial charge in [0, 0.05) is 17.9 Å². The zero-order chi connectivity index (χ0) is 68.9. The molecule has 28 heteroatoms.